The van der Waals surface area contributed by atoms with Crippen LogP contribution in [0.25, 0.3) is 0 Å². The van der Waals surface area contributed by atoms with Gasteiger partial charge in [-0.1, -0.05) is 6.42 Å². The largest absolute Gasteiger partial charge is 0.356 e. The molecule has 0 aromatic carbocycles. The van der Waals surface area contributed by atoms with Crippen molar-refractivity contribution in [2.75, 3.05) is 18.6 Å². The second-order valence-corrected chi connectivity index (χ2v) is 6.77. The fourth-order valence-corrected chi connectivity index (χ4v) is 4.10. The van der Waals surface area contributed by atoms with Crippen LogP contribution in [0.1, 0.15) is 38.5 Å². The van der Waals surface area contributed by atoms with Gasteiger partial charge in [0.25, 0.3) is 0 Å². The van der Waals surface area contributed by atoms with Gasteiger partial charge < -0.3 is 11.1 Å². The first-order valence-electron chi connectivity index (χ1n) is 7.26. The molecule has 2 aliphatic carbocycles. The standard InChI is InChI=1S/C14H26N2OS/c1-18-8-4-2-3-7-16-14(17)12-10-5-6-11(9-10)13(12)15/h10-13H,2-9,15H2,1H3,(H,16,17). The second kappa shape index (κ2) is 6.80. The molecule has 104 valence electrons. The molecule has 0 heterocycles. The second-order valence-electron chi connectivity index (χ2n) is 5.78. The number of carbonyl (C=O) groups is 1. The summed E-state index contributed by atoms with van der Waals surface area (Å²) in [4.78, 5) is 12.1. The van der Waals surface area contributed by atoms with Crippen LogP contribution in [-0.4, -0.2) is 30.5 Å². The molecule has 0 saturated heterocycles. The van der Waals surface area contributed by atoms with E-state index in [9.17, 15) is 4.79 Å². The normalized spacial score (nSPS) is 33.9. The van der Waals surface area contributed by atoms with Crippen molar-refractivity contribution in [3.8, 4) is 0 Å². The first-order chi connectivity index (χ1) is 8.74. The van der Waals surface area contributed by atoms with Crippen LogP contribution in [0, 0.1) is 17.8 Å². The van der Waals surface area contributed by atoms with E-state index in [1.54, 1.807) is 0 Å². The summed E-state index contributed by atoms with van der Waals surface area (Å²) in [6, 6.07) is 0.125. The average molecular weight is 270 g/mol. The highest BCUT2D eigenvalue weighted by Gasteiger charge is 2.48. The lowest BCUT2D eigenvalue weighted by atomic mass is 9.84. The lowest BCUT2D eigenvalue weighted by Crippen LogP contribution is -2.45. The summed E-state index contributed by atoms with van der Waals surface area (Å²) in [6.07, 6.45) is 9.34. The minimum atomic E-state index is 0.106. The Labute approximate surface area is 115 Å². The molecule has 4 unspecified atom stereocenters. The Bertz CT molecular complexity index is 283. The Morgan fingerprint density at radius 3 is 2.72 bits per heavy atom. The predicted molar refractivity (Wildman–Crippen MR) is 77.5 cm³/mol. The third-order valence-electron chi connectivity index (χ3n) is 4.61. The summed E-state index contributed by atoms with van der Waals surface area (Å²) in [6.45, 7) is 0.827. The van der Waals surface area contributed by atoms with Crippen molar-refractivity contribution in [2.24, 2.45) is 23.5 Å². The highest BCUT2D eigenvalue weighted by atomic mass is 32.2. The molecule has 2 saturated carbocycles. The minimum Gasteiger partial charge on any atom is -0.356 e. The van der Waals surface area contributed by atoms with Gasteiger partial charge in [-0.2, -0.15) is 11.8 Å². The Kier molecular flexibility index (Phi) is 5.37. The number of rotatable bonds is 7. The Morgan fingerprint density at radius 2 is 2.06 bits per heavy atom. The van der Waals surface area contributed by atoms with Gasteiger partial charge in [0.1, 0.15) is 0 Å². The van der Waals surface area contributed by atoms with Crippen LogP contribution in [0.4, 0.5) is 0 Å². The van der Waals surface area contributed by atoms with Gasteiger partial charge in [-0.25, -0.2) is 0 Å². The zero-order valence-electron chi connectivity index (χ0n) is 11.4. The summed E-state index contributed by atoms with van der Waals surface area (Å²) in [5, 5.41) is 3.09. The summed E-state index contributed by atoms with van der Waals surface area (Å²) in [5.41, 5.74) is 6.17. The zero-order chi connectivity index (χ0) is 13.0. The molecular formula is C14H26N2OS. The molecule has 1 amide bonds. The molecule has 0 spiro atoms. The number of amides is 1. The molecular weight excluding hydrogens is 244 g/mol. The number of thioether (sulfide) groups is 1. The van der Waals surface area contributed by atoms with Gasteiger partial charge in [0.2, 0.25) is 5.91 Å². The number of nitrogens with two attached hydrogens (primary N) is 1. The molecule has 2 rings (SSSR count). The maximum atomic E-state index is 12.1. The van der Waals surface area contributed by atoms with Crippen molar-refractivity contribution < 1.29 is 4.79 Å². The molecule has 4 atom stereocenters. The van der Waals surface area contributed by atoms with Crippen molar-refractivity contribution in [2.45, 2.75) is 44.6 Å². The molecule has 3 N–H and O–H groups in total. The monoisotopic (exact) mass is 270 g/mol. The lowest BCUT2D eigenvalue weighted by Gasteiger charge is -2.27. The molecule has 2 bridgehead atoms. The molecule has 0 radical (unpaired) electrons. The van der Waals surface area contributed by atoms with Crippen LogP contribution >= 0.6 is 11.8 Å². The van der Waals surface area contributed by atoms with Crippen molar-refractivity contribution in [3.63, 3.8) is 0 Å². The quantitative estimate of drug-likeness (QED) is 0.696. The molecule has 2 fully saturated rings. The van der Waals surface area contributed by atoms with Crippen molar-refractivity contribution in [3.05, 3.63) is 0 Å². The average Bonchev–Trinajstić information content (AvgIpc) is 2.94. The third kappa shape index (κ3) is 3.21. The van der Waals surface area contributed by atoms with Crippen LogP contribution in [0.15, 0.2) is 0 Å². The highest BCUT2D eigenvalue weighted by molar-refractivity contribution is 7.98. The predicted octanol–water partition coefficient (Wildman–Crippen LogP) is 2.01. The Balaban J connectivity index is 1.63. The number of fused-ring (bicyclic) bond motifs is 2. The highest BCUT2D eigenvalue weighted by Crippen LogP contribution is 2.47. The molecule has 0 aliphatic heterocycles. The van der Waals surface area contributed by atoms with Crippen LogP contribution in [-0.2, 0) is 4.79 Å². The molecule has 0 aromatic heterocycles. The van der Waals surface area contributed by atoms with E-state index in [-0.39, 0.29) is 17.9 Å². The first kappa shape index (κ1) is 14.2. The van der Waals surface area contributed by atoms with E-state index in [1.807, 2.05) is 11.8 Å². The summed E-state index contributed by atoms with van der Waals surface area (Å²) in [7, 11) is 0. The van der Waals surface area contributed by atoms with Crippen LogP contribution < -0.4 is 11.1 Å². The maximum Gasteiger partial charge on any atom is 0.224 e. The number of unbranched alkanes of at least 4 members (excludes halogenated alkanes) is 2. The Hall–Kier alpha value is -0.220. The third-order valence-corrected chi connectivity index (χ3v) is 5.30. The molecule has 2 aliphatic rings. The van der Waals surface area contributed by atoms with E-state index < -0.39 is 0 Å². The van der Waals surface area contributed by atoms with Gasteiger partial charge >= 0.3 is 0 Å². The number of nitrogens with one attached hydrogen (secondary N) is 1. The van der Waals surface area contributed by atoms with E-state index in [4.69, 9.17) is 5.73 Å². The smallest absolute Gasteiger partial charge is 0.224 e. The van der Waals surface area contributed by atoms with Crippen molar-refractivity contribution in [1.82, 2.24) is 5.32 Å². The first-order valence-corrected chi connectivity index (χ1v) is 8.65. The van der Waals surface area contributed by atoms with E-state index >= 15 is 0 Å². The van der Waals surface area contributed by atoms with E-state index in [1.165, 1.54) is 37.9 Å². The van der Waals surface area contributed by atoms with Crippen LogP contribution in [0.5, 0.6) is 0 Å². The van der Waals surface area contributed by atoms with Gasteiger partial charge in [-0.15, -0.1) is 0 Å². The number of carbonyl (C=O) groups excluding carboxylic acids is 1. The topological polar surface area (TPSA) is 55.1 Å². The van der Waals surface area contributed by atoms with E-state index in [0.717, 1.165) is 13.0 Å². The molecule has 0 aromatic rings. The lowest BCUT2D eigenvalue weighted by molar-refractivity contribution is -0.127. The summed E-state index contributed by atoms with van der Waals surface area (Å²) >= 11 is 1.89. The molecule has 3 nitrogen and oxygen atoms in total. The van der Waals surface area contributed by atoms with E-state index in [2.05, 4.69) is 11.6 Å². The summed E-state index contributed by atoms with van der Waals surface area (Å²) in [5.74, 6) is 2.74. The number of hydrogen-bond acceptors (Lipinski definition) is 3. The molecule has 18 heavy (non-hydrogen) atoms. The van der Waals surface area contributed by atoms with Gasteiger partial charge in [-0.05, 0) is 55.9 Å². The van der Waals surface area contributed by atoms with Gasteiger partial charge in [0, 0.05) is 12.6 Å². The summed E-state index contributed by atoms with van der Waals surface area (Å²) < 4.78 is 0. The van der Waals surface area contributed by atoms with E-state index in [0.29, 0.717) is 11.8 Å². The minimum absolute atomic E-state index is 0.106. The Morgan fingerprint density at radius 1 is 1.28 bits per heavy atom. The van der Waals surface area contributed by atoms with Crippen molar-refractivity contribution >= 4 is 17.7 Å². The van der Waals surface area contributed by atoms with Crippen LogP contribution in [0.3, 0.4) is 0 Å². The van der Waals surface area contributed by atoms with Gasteiger partial charge in [-0.3, -0.25) is 4.79 Å². The molecule has 4 heteroatoms. The van der Waals surface area contributed by atoms with Gasteiger partial charge in [0.05, 0.1) is 5.92 Å². The fourth-order valence-electron chi connectivity index (χ4n) is 3.60. The maximum absolute atomic E-state index is 12.1. The fraction of sp³-hybridized carbons (Fsp3) is 0.929. The van der Waals surface area contributed by atoms with Crippen molar-refractivity contribution in [1.29, 1.82) is 0 Å². The SMILES string of the molecule is CSCCCCCNC(=O)C1C2CCC(C2)C1N. The number of hydrogen-bond donors (Lipinski definition) is 2. The van der Waals surface area contributed by atoms with Crippen LogP contribution in [0.2, 0.25) is 0 Å². The van der Waals surface area contributed by atoms with Gasteiger partial charge in [0.15, 0.2) is 0 Å². The zero-order valence-corrected chi connectivity index (χ0v) is 12.2.